The van der Waals surface area contributed by atoms with Gasteiger partial charge in [0.1, 0.15) is 47.6 Å². The molecule has 2 aromatic carbocycles. The smallest absolute Gasteiger partial charge is 0.207 e. The van der Waals surface area contributed by atoms with Gasteiger partial charge in [-0.2, -0.15) is 0 Å². The van der Waals surface area contributed by atoms with Gasteiger partial charge in [0.15, 0.2) is 0 Å². The molecular formula is C29H36NO6+. The first-order valence-corrected chi connectivity index (χ1v) is 11.8. The second-order valence-electron chi connectivity index (χ2n) is 7.85. The van der Waals surface area contributed by atoms with Crippen molar-refractivity contribution < 1.29 is 33.0 Å². The fraction of sp³-hybridized carbons (Fsp3) is 0.345. The Morgan fingerprint density at radius 1 is 0.583 bits per heavy atom. The third-order valence-electron chi connectivity index (χ3n) is 6.22. The summed E-state index contributed by atoms with van der Waals surface area (Å²) in [5.41, 5.74) is 3.89. The molecular weight excluding hydrogens is 458 g/mol. The molecule has 0 heterocycles. The highest BCUT2D eigenvalue weighted by atomic mass is 16.5. The van der Waals surface area contributed by atoms with Crippen molar-refractivity contribution in [2.75, 3.05) is 55.7 Å². The second kappa shape index (κ2) is 12.2. The monoisotopic (exact) mass is 494 g/mol. The lowest BCUT2D eigenvalue weighted by molar-refractivity contribution is -0.519. The average Bonchev–Trinajstić information content (AvgIpc) is 2.93. The number of ether oxygens (including phenoxy) is 6. The highest BCUT2D eigenvalue weighted by Gasteiger charge is 2.33. The number of allylic oxidation sites excluding steroid dienone is 2. The van der Waals surface area contributed by atoms with E-state index in [9.17, 15) is 0 Å². The van der Waals surface area contributed by atoms with E-state index in [1.165, 1.54) is 0 Å². The van der Waals surface area contributed by atoms with E-state index in [0.717, 1.165) is 41.1 Å². The van der Waals surface area contributed by atoms with Crippen molar-refractivity contribution in [1.29, 1.82) is 0 Å². The summed E-state index contributed by atoms with van der Waals surface area (Å²) in [6.07, 6.45) is 4.04. The lowest BCUT2D eigenvalue weighted by Gasteiger charge is -2.26. The highest BCUT2D eigenvalue weighted by molar-refractivity contribution is 6.06. The predicted molar refractivity (Wildman–Crippen MR) is 142 cm³/mol. The summed E-state index contributed by atoms with van der Waals surface area (Å²) in [6, 6.07) is 11.3. The van der Waals surface area contributed by atoms with Crippen molar-refractivity contribution in [1.82, 2.24) is 0 Å². The summed E-state index contributed by atoms with van der Waals surface area (Å²) >= 11 is 0. The van der Waals surface area contributed by atoms with Crippen LogP contribution in [0.2, 0.25) is 0 Å². The summed E-state index contributed by atoms with van der Waals surface area (Å²) in [5, 5.41) is 0. The van der Waals surface area contributed by atoms with E-state index in [2.05, 4.69) is 18.4 Å². The first-order valence-electron chi connectivity index (χ1n) is 11.8. The molecule has 1 aliphatic rings. The SMILES string of the molecule is CC[N+](CC)=C1C=C(OC)C(=C(c2c(OC)cccc2OC)c2c(OC)cccc2OC)C(OC)=C1. The number of hydrogen-bond donors (Lipinski definition) is 0. The Labute approximate surface area is 213 Å². The Balaban J connectivity index is 2.61. The third-order valence-corrected chi connectivity index (χ3v) is 6.22. The van der Waals surface area contributed by atoms with Gasteiger partial charge in [0.2, 0.25) is 5.71 Å². The van der Waals surface area contributed by atoms with Crippen LogP contribution in [0.4, 0.5) is 0 Å². The highest BCUT2D eigenvalue weighted by Crippen LogP contribution is 2.49. The zero-order chi connectivity index (χ0) is 26.2. The van der Waals surface area contributed by atoms with Gasteiger partial charge in [0.05, 0.1) is 71.5 Å². The number of hydrogen-bond acceptors (Lipinski definition) is 6. The molecule has 0 unspecified atom stereocenters. The molecule has 0 aliphatic heterocycles. The lowest BCUT2D eigenvalue weighted by Crippen LogP contribution is -2.22. The summed E-state index contributed by atoms with van der Waals surface area (Å²) in [5.74, 6) is 3.74. The van der Waals surface area contributed by atoms with Crippen LogP contribution in [-0.4, -0.2) is 66.0 Å². The van der Waals surface area contributed by atoms with Gasteiger partial charge < -0.3 is 28.4 Å². The van der Waals surface area contributed by atoms with Crippen LogP contribution in [0.3, 0.4) is 0 Å². The van der Waals surface area contributed by atoms with E-state index in [0.29, 0.717) is 34.5 Å². The average molecular weight is 495 g/mol. The Kier molecular flexibility index (Phi) is 9.06. The molecule has 192 valence electrons. The van der Waals surface area contributed by atoms with E-state index in [4.69, 9.17) is 28.4 Å². The molecule has 0 bridgehead atoms. The first kappa shape index (κ1) is 26.7. The minimum atomic E-state index is 0.620. The molecule has 7 heteroatoms. The molecule has 0 amide bonds. The van der Waals surface area contributed by atoms with Gasteiger partial charge >= 0.3 is 0 Å². The van der Waals surface area contributed by atoms with Gasteiger partial charge in [0, 0.05) is 5.57 Å². The van der Waals surface area contributed by atoms with Crippen LogP contribution >= 0.6 is 0 Å². The largest absolute Gasteiger partial charge is 0.496 e. The Bertz CT molecular complexity index is 1090. The second-order valence-corrected chi connectivity index (χ2v) is 7.85. The minimum Gasteiger partial charge on any atom is -0.496 e. The van der Waals surface area contributed by atoms with E-state index >= 15 is 0 Å². The van der Waals surface area contributed by atoms with Crippen LogP contribution in [0.1, 0.15) is 25.0 Å². The van der Waals surface area contributed by atoms with Crippen LogP contribution in [0.15, 0.2) is 65.6 Å². The van der Waals surface area contributed by atoms with Crippen LogP contribution in [0.5, 0.6) is 23.0 Å². The van der Waals surface area contributed by atoms with Gasteiger partial charge in [0.25, 0.3) is 0 Å². The summed E-state index contributed by atoms with van der Waals surface area (Å²) in [4.78, 5) is 0. The van der Waals surface area contributed by atoms with Crippen LogP contribution in [-0.2, 0) is 9.47 Å². The number of methoxy groups -OCH3 is 6. The summed E-state index contributed by atoms with van der Waals surface area (Å²) < 4.78 is 37.5. The maximum Gasteiger partial charge on any atom is 0.207 e. The zero-order valence-corrected chi connectivity index (χ0v) is 22.4. The minimum absolute atomic E-state index is 0.620. The predicted octanol–water partition coefficient (Wildman–Crippen LogP) is 5.09. The van der Waals surface area contributed by atoms with Crippen molar-refractivity contribution in [3.05, 3.63) is 76.8 Å². The maximum absolute atomic E-state index is 5.99. The van der Waals surface area contributed by atoms with E-state index in [-0.39, 0.29) is 0 Å². The Morgan fingerprint density at radius 3 is 1.22 bits per heavy atom. The van der Waals surface area contributed by atoms with Gasteiger partial charge in [-0.25, -0.2) is 4.58 Å². The summed E-state index contributed by atoms with van der Waals surface area (Å²) in [6.45, 7) is 5.93. The van der Waals surface area contributed by atoms with Crippen molar-refractivity contribution in [2.24, 2.45) is 0 Å². The van der Waals surface area contributed by atoms with E-state index in [1.54, 1.807) is 42.7 Å². The normalized spacial score (nSPS) is 12.9. The molecule has 0 aromatic heterocycles. The first-order chi connectivity index (χ1) is 17.5. The topological polar surface area (TPSA) is 58.4 Å². The van der Waals surface area contributed by atoms with Crippen LogP contribution in [0, 0.1) is 0 Å². The molecule has 0 spiro atoms. The lowest BCUT2D eigenvalue weighted by atomic mass is 9.86. The Hall–Kier alpha value is -3.87. The molecule has 0 saturated heterocycles. The van der Waals surface area contributed by atoms with Gasteiger partial charge in [-0.3, -0.25) is 0 Å². The maximum atomic E-state index is 5.99. The van der Waals surface area contributed by atoms with Gasteiger partial charge in [-0.05, 0) is 38.1 Å². The molecule has 0 atom stereocenters. The third kappa shape index (κ3) is 4.91. The van der Waals surface area contributed by atoms with Crippen molar-refractivity contribution in [2.45, 2.75) is 13.8 Å². The van der Waals surface area contributed by atoms with Crippen LogP contribution < -0.4 is 18.9 Å². The number of nitrogens with zero attached hydrogens (tertiary/aromatic N) is 1. The molecule has 0 radical (unpaired) electrons. The molecule has 0 saturated carbocycles. The Morgan fingerprint density at radius 2 is 0.944 bits per heavy atom. The van der Waals surface area contributed by atoms with E-state index in [1.807, 2.05) is 48.6 Å². The molecule has 1 aliphatic carbocycles. The van der Waals surface area contributed by atoms with Crippen LogP contribution in [0.25, 0.3) is 5.57 Å². The molecule has 2 aromatic rings. The van der Waals surface area contributed by atoms with Crippen molar-refractivity contribution in [3.63, 3.8) is 0 Å². The molecule has 0 fully saturated rings. The van der Waals surface area contributed by atoms with Gasteiger partial charge in [-0.1, -0.05) is 12.1 Å². The fourth-order valence-electron chi connectivity index (χ4n) is 4.49. The molecule has 36 heavy (non-hydrogen) atoms. The standard InChI is InChI=1S/C29H36NO6/c1-9-30(10-2)19-17-24(35-7)28(25(18-19)36-8)29(26-20(31-3)13-11-14-21(26)32-4)27-22(33-5)15-12-16-23(27)34-6/h11-18H,9-10H2,1-8H3/q+1. The zero-order valence-electron chi connectivity index (χ0n) is 22.4. The van der Waals surface area contributed by atoms with Crippen molar-refractivity contribution in [3.8, 4) is 23.0 Å². The fourth-order valence-corrected chi connectivity index (χ4v) is 4.49. The quantitative estimate of drug-likeness (QED) is 0.429. The summed E-state index contributed by atoms with van der Waals surface area (Å²) in [7, 11) is 9.84. The molecule has 7 nitrogen and oxygen atoms in total. The number of rotatable bonds is 10. The number of benzene rings is 2. The molecule has 3 rings (SSSR count). The van der Waals surface area contributed by atoms with Gasteiger partial charge in [-0.15, -0.1) is 0 Å². The molecule has 0 N–H and O–H groups in total. The van der Waals surface area contributed by atoms with E-state index < -0.39 is 0 Å². The van der Waals surface area contributed by atoms with Crippen molar-refractivity contribution >= 4 is 11.3 Å².